The number of aromatic hydroxyl groups is 1. The molecule has 0 fully saturated rings. The third-order valence-corrected chi connectivity index (χ3v) is 2.57. The molecule has 0 saturated carbocycles. The van der Waals surface area contributed by atoms with Crippen LogP contribution in [0.5, 0.6) is 5.75 Å². The zero-order valence-electron chi connectivity index (χ0n) is 9.34. The zero-order valence-corrected chi connectivity index (χ0v) is 9.34. The van der Waals surface area contributed by atoms with Crippen molar-refractivity contribution in [1.82, 2.24) is 0 Å². The third-order valence-electron chi connectivity index (χ3n) is 2.57. The molecule has 0 aromatic heterocycles. The molecular weight excluding hydrogens is 216 g/mol. The number of aryl methyl sites for hydroxylation is 1. The molecule has 0 spiro atoms. The predicted octanol–water partition coefficient (Wildman–Crippen LogP) is 3.07. The van der Waals surface area contributed by atoms with Crippen LogP contribution in [0.2, 0.25) is 0 Å². The van der Waals surface area contributed by atoms with Gasteiger partial charge in [-0.15, -0.1) is 0 Å². The molecular formula is C14H12O3. The van der Waals surface area contributed by atoms with Gasteiger partial charge in [-0.3, -0.25) is 0 Å². The van der Waals surface area contributed by atoms with Gasteiger partial charge in [0.1, 0.15) is 5.75 Å². The molecule has 0 bridgehead atoms. The highest BCUT2D eigenvalue weighted by Crippen LogP contribution is 2.30. The topological polar surface area (TPSA) is 57.5 Å². The number of aromatic carboxylic acids is 1. The van der Waals surface area contributed by atoms with Crippen molar-refractivity contribution in [3.8, 4) is 16.9 Å². The lowest BCUT2D eigenvalue weighted by molar-refractivity contribution is 0.0696. The van der Waals surface area contributed by atoms with Crippen LogP contribution in [0, 0.1) is 6.92 Å². The number of carboxylic acid groups (broad SMARTS) is 1. The van der Waals surface area contributed by atoms with Crippen LogP contribution in [-0.4, -0.2) is 16.2 Å². The first-order chi connectivity index (χ1) is 8.08. The average Bonchev–Trinajstić information content (AvgIpc) is 2.28. The van der Waals surface area contributed by atoms with Gasteiger partial charge in [0.2, 0.25) is 0 Å². The molecule has 17 heavy (non-hydrogen) atoms. The summed E-state index contributed by atoms with van der Waals surface area (Å²) in [4.78, 5) is 10.7. The van der Waals surface area contributed by atoms with Crippen molar-refractivity contribution >= 4 is 5.97 Å². The van der Waals surface area contributed by atoms with Crippen LogP contribution in [0.4, 0.5) is 0 Å². The van der Waals surface area contributed by atoms with Crippen molar-refractivity contribution in [2.75, 3.05) is 0 Å². The van der Waals surface area contributed by atoms with E-state index >= 15 is 0 Å². The van der Waals surface area contributed by atoms with Gasteiger partial charge in [-0.05, 0) is 30.7 Å². The molecule has 0 aliphatic heterocycles. The summed E-state index contributed by atoms with van der Waals surface area (Å²) in [6.07, 6.45) is 0. The molecule has 0 atom stereocenters. The van der Waals surface area contributed by atoms with Crippen LogP contribution in [-0.2, 0) is 0 Å². The number of hydrogen-bond acceptors (Lipinski definition) is 2. The van der Waals surface area contributed by atoms with Crippen molar-refractivity contribution in [2.45, 2.75) is 6.92 Å². The second-order valence-electron chi connectivity index (χ2n) is 3.91. The molecule has 0 radical (unpaired) electrons. The Morgan fingerprint density at radius 2 is 1.88 bits per heavy atom. The van der Waals surface area contributed by atoms with Crippen LogP contribution in [0.25, 0.3) is 11.1 Å². The zero-order chi connectivity index (χ0) is 12.4. The Balaban J connectivity index is 2.50. The van der Waals surface area contributed by atoms with Crippen molar-refractivity contribution < 1.29 is 15.0 Å². The smallest absolute Gasteiger partial charge is 0.335 e. The Kier molecular flexibility index (Phi) is 2.83. The minimum atomic E-state index is -1.05. The summed E-state index contributed by atoms with van der Waals surface area (Å²) in [6.45, 7) is 1.96. The molecule has 3 heteroatoms. The van der Waals surface area contributed by atoms with Crippen LogP contribution >= 0.6 is 0 Å². The Hall–Kier alpha value is -2.29. The van der Waals surface area contributed by atoms with Gasteiger partial charge in [-0.25, -0.2) is 4.79 Å². The van der Waals surface area contributed by atoms with Crippen molar-refractivity contribution in [2.24, 2.45) is 0 Å². The number of benzene rings is 2. The predicted molar refractivity (Wildman–Crippen MR) is 65.2 cm³/mol. The normalized spacial score (nSPS) is 10.2. The standard InChI is InChI=1S/C14H12O3/c1-9-3-2-4-10(7-9)12-6-5-11(14(16)17)8-13(12)15/h2-8,15H,1H3,(H,16,17). The second-order valence-corrected chi connectivity index (χ2v) is 3.91. The van der Waals surface area contributed by atoms with E-state index in [1.165, 1.54) is 12.1 Å². The van der Waals surface area contributed by atoms with Crippen LogP contribution in [0.3, 0.4) is 0 Å². The van der Waals surface area contributed by atoms with Crippen LogP contribution < -0.4 is 0 Å². The Morgan fingerprint density at radius 3 is 2.47 bits per heavy atom. The van der Waals surface area contributed by atoms with Gasteiger partial charge in [0.15, 0.2) is 0 Å². The number of carbonyl (C=O) groups is 1. The summed E-state index contributed by atoms with van der Waals surface area (Å²) in [5, 5.41) is 18.6. The lowest BCUT2D eigenvalue weighted by Gasteiger charge is -2.06. The van der Waals surface area contributed by atoms with Gasteiger partial charge in [0, 0.05) is 5.56 Å². The second kappa shape index (κ2) is 4.29. The lowest BCUT2D eigenvalue weighted by atomic mass is 10.0. The lowest BCUT2D eigenvalue weighted by Crippen LogP contribution is -1.95. The van der Waals surface area contributed by atoms with Gasteiger partial charge in [-0.2, -0.15) is 0 Å². The summed E-state index contributed by atoms with van der Waals surface area (Å²) < 4.78 is 0. The summed E-state index contributed by atoms with van der Waals surface area (Å²) >= 11 is 0. The van der Waals surface area contributed by atoms with E-state index in [0.29, 0.717) is 5.56 Å². The number of hydrogen-bond donors (Lipinski definition) is 2. The molecule has 0 unspecified atom stereocenters. The van der Waals surface area contributed by atoms with Crippen molar-refractivity contribution in [1.29, 1.82) is 0 Å². The summed E-state index contributed by atoms with van der Waals surface area (Å²) in [5.74, 6) is -1.06. The van der Waals surface area contributed by atoms with Gasteiger partial charge < -0.3 is 10.2 Å². The van der Waals surface area contributed by atoms with Crippen molar-refractivity contribution in [3.05, 3.63) is 53.6 Å². The summed E-state index contributed by atoms with van der Waals surface area (Å²) in [7, 11) is 0. The fourth-order valence-corrected chi connectivity index (χ4v) is 1.72. The minimum Gasteiger partial charge on any atom is -0.507 e. The average molecular weight is 228 g/mol. The monoisotopic (exact) mass is 228 g/mol. The van der Waals surface area contributed by atoms with Gasteiger partial charge in [0.05, 0.1) is 5.56 Å². The van der Waals surface area contributed by atoms with E-state index in [4.69, 9.17) is 5.11 Å². The number of carboxylic acids is 1. The SMILES string of the molecule is Cc1cccc(-c2ccc(C(=O)O)cc2O)c1. The third kappa shape index (κ3) is 2.28. The molecule has 0 heterocycles. The van der Waals surface area contributed by atoms with Crippen LogP contribution in [0.15, 0.2) is 42.5 Å². The number of rotatable bonds is 2. The Bertz CT molecular complexity index is 573. The Morgan fingerprint density at radius 1 is 1.12 bits per heavy atom. The van der Waals surface area contributed by atoms with Gasteiger partial charge in [0.25, 0.3) is 0 Å². The molecule has 0 amide bonds. The molecule has 0 aliphatic rings. The first kappa shape index (κ1) is 11.2. The highest BCUT2D eigenvalue weighted by Gasteiger charge is 2.09. The fourth-order valence-electron chi connectivity index (χ4n) is 1.72. The molecule has 0 saturated heterocycles. The summed E-state index contributed by atoms with van der Waals surface area (Å²) in [6, 6.07) is 12.0. The van der Waals surface area contributed by atoms with Crippen LogP contribution in [0.1, 0.15) is 15.9 Å². The quantitative estimate of drug-likeness (QED) is 0.830. The molecule has 2 rings (SSSR count). The molecule has 2 N–H and O–H groups in total. The van der Waals surface area contributed by atoms with E-state index in [-0.39, 0.29) is 11.3 Å². The highest BCUT2D eigenvalue weighted by molar-refractivity contribution is 5.89. The fraction of sp³-hybridized carbons (Fsp3) is 0.0714. The molecule has 86 valence electrons. The molecule has 0 aliphatic carbocycles. The first-order valence-electron chi connectivity index (χ1n) is 5.21. The maximum absolute atomic E-state index is 10.7. The first-order valence-corrected chi connectivity index (χ1v) is 5.21. The van der Waals surface area contributed by atoms with E-state index < -0.39 is 5.97 Å². The van der Waals surface area contributed by atoms with Crippen molar-refractivity contribution in [3.63, 3.8) is 0 Å². The number of phenolic OH excluding ortho intramolecular Hbond substituents is 1. The summed E-state index contributed by atoms with van der Waals surface area (Å²) in [5.41, 5.74) is 2.68. The van der Waals surface area contributed by atoms with Gasteiger partial charge >= 0.3 is 5.97 Å². The van der Waals surface area contributed by atoms with E-state index in [9.17, 15) is 9.90 Å². The maximum atomic E-state index is 10.7. The highest BCUT2D eigenvalue weighted by atomic mass is 16.4. The van der Waals surface area contributed by atoms with E-state index in [2.05, 4.69) is 0 Å². The van der Waals surface area contributed by atoms with Gasteiger partial charge in [-0.1, -0.05) is 29.8 Å². The molecule has 3 nitrogen and oxygen atoms in total. The van der Waals surface area contributed by atoms with E-state index in [1.807, 2.05) is 31.2 Å². The molecule has 2 aromatic rings. The largest absolute Gasteiger partial charge is 0.507 e. The number of phenols is 1. The Labute approximate surface area is 99.0 Å². The maximum Gasteiger partial charge on any atom is 0.335 e. The minimum absolute atomic E-state index is 0.0181. The van der Waals surface area contributed by atoms with E-state index in [0.717, 1.165) is 11.1 Å². The van der Waals surface area contributed by atoms with E-state index in [1.54, 1.807) is 6.07 Å². The molecule has 2 aromatic carbocycles.